The first-order chi connectivity index (χ1) is 19.3. The maximum atomic E-state index is 12.9. The highest BCUT2D eigenvalue weighted by Gasteiger charge is 2.51. The molecule has 0 aliphatic heterocycles. The van der Waals surface area contributed by atoms with Gasteiger partial charge in [-0.3, -0.25) is 19.7 Å². The zero-order valence-electron chi connectivity index (χ0n) is 24.7. The van der Waals surface area contributed by atoms with Gasteiger partial charge >= 0.3 is 17.9 Å². The predicted octanol–water partition coefficient (Wildman–Crippen LogP) is 1.93. The lowest BCUT2D eigenvalue weighted by Crippen LogP contribution is -2.54. The molecule has 0 aliphatic rings. The number of nitrogens with two attached hydrogens (primary N) is 1. The molecule has 2 heterocycles. The summed E-state index contributed by atoms with van der Waals surface area (Å²) in [4.78, 5) is 41.9. The molecule has 14 nitrogen and oxygen atoms in total. The first-order valence-electron chi connectivity index (χ1n) is 13.2. The molecule has 41 heavy (non-hydrogen) atoms. The molecule has 0 spiro atoms. The maximum Gasteiger partial charge on any atom is 0.323 e. The fourth-order valence-electron chi connectivity index (χ4n) is 3.59. The number of esters is 3. The van der Waals surface area contributed by atoms with Crippen LogP contribution in [0.15, 0.2) is 18.5 Å². The van der Waals surface area contributed by atoms with Gasteiger partial charge in [-0.25, -0.2) is 9.50 Å². The van der Waals surface area contributed by atoms with Crippen molar-refractivity contribution in [3.63, 3.8) is 0 Å². The molecule has 2 aromatic rings. The lowest BCUT2D eigenvalue weighted by molar-refractivity contribution is -0.201. The van der Waals surface area contributed by atoms with Crippen molar-refractivity contribution in [3.05, 3.63) is 24.2 Å². The summed E-state index contributed by atoms with van der Waals surface area (Å²) in [7, 11) is 1.25. The molecule has 2 aromatic heterocycles. The summed E-state index contributed by atoms with van der Waals surface area (Å²) in [6, 6.07) is 4.54. The average molecular weight is 577 g/mol. The molecule has 0 aliphatic carbocycles. The van der Waals surface area contributed by atoms with E-state index in [0.717, 1.165) is 0 Å². The second-order valence-corrected chi connectivity index (χ2v) is 10.3. The molecule has 0 amide bonds. The molecule has 0 saturated heterocycles. The first kappa shape index (κ1) is 33.4. The van der Waals surface area contributed by atoms with Gasteiger partial charge in [-0.05, 0) is 32.9 Å². The SMILES string of the molecule is COC(C#N)(COCN[C@@H](C)C(=O)OC(C)C)[C@@H](OC(=O)C(C)C)[C@@H](OC(=O)C(C)C)c1ccc2c(N)ncnn12. The van der Waals surface area contributed by atoms with E-state index in [2.05, 4.69) is 15.4 Å². The smallest absolute Gasteiger partial charge is 0.323 e. The van der Waals surface area contributed by atoms with Gasteiger partial charge in [-0.2, -0.15) is 10.4 Å². The van der Waals surface area contributed by atoms with E-state index >= 15 is 0 Å². The number of hydrogen-bond acceptors (Lipinski definition) is 13. The van der Waals surface area contributed by atoms with Gasteiger partial charge in [0.1, 0.15) is 24.0 Å². The number of nitrogens with one attached hydrogen (secondary N) is 1. The Morgan fingerprint density at radius 3 is 2.22 bits per heavy atom. The van der Waals surface area contributed by atoms with Crippen LogP contribution in [0.1, 0.15) is 60.3 Å². The minimum atomic E-state index is -1.97. The molecule has 0 radical (unpaired) electrons. The van der Waals surface area contributed by atoms with Crippen LogP contribution in [-0.4, -0.2) is 76.8 Å². The Morgan fingerprint density at radius 2 is 1.66 bits per heavy atom. The molecule has 4 atom stereocenters. The summed E-state index contributed by atoms with van der Waals surface area (Å²) in [5.41, 5.74) is 4.69. The number of nitriles is 1. The lowest BCUT2D eigenvalue weighted by atomic mass is 9.92. The summed E-state index contributed by atoms with van der Waals surface area (Å²) in [6.07, 6.45) is -1.97. The first-order valence-corrected chi connectivity index (χ1v) is 13.2. The van der Waals surface area contributed by atoms with Crippen molar-refractivity contribution in [1.29, 1.82) is 5.26 Å². The number of anilines is 1. The fourth-order valence-corrected chi connectivity index (χ4v) is 3.59. The largest absolute Gasteiger partial charge is 0.462 e. The molecular formula is C27H40N6O8. The Morgan fingerprint density at radius 1 is 1.02 bits per heavy atom. The number of methoxy groups -OCH3 is 1. The minimum Gasteiger partial charge on any atom is -0.462 e. The Labute approximate surface area is 239 Å². The third-order valence-corrected chi connectivity index (χ3v) is 6.03. The molecule has 2 rings (SSSR count). The van der Waals surface area contributed by atoms with Gasteiger partial charge in [-0.1, -0.05) is 27.7 Å². The highest BCUT2D eigenvalue weighted by atomic mass is 16.6. The van der Waals surface area contributed by atoms with Crippen molar-refractivity contribution in [2.45, 2.75) is 78.4 Å². The standard InChI is InChI=1S/C27H40N6O8/c1-15(2)24(34)40-21(19-9-10-20-23(29)30-13-32-33(19)20)22(41-25(35)16(3)4)27(11-28,37-8)12-38-14-31-18(7)26(36)39-17(5)6/h9-10,13,15-18,21-22,31H,12,14H2,1-8H3,(H2,29,30,32)/t18-,21-,22-,27?/m0/s1. The third-order valence-electron chi connectivity index (χ3n) is 6.03. The molecule has 3 N–H and O–H groups in total. The van der Waals surface area contributed by atoms with E-state index in [1.165, 1.54) is 18.0 Å². The van der Waals surface area contributed by atoms with Crippen molar-refractivity contribution >= 4 is 29.2 Å². The van der Waals surface area contributed by atoms with Gasteiger partial charge in [0.15, 0.2) is 18.0 Å². The van der Waals surface area contributed by atoms with E-state index < -0.39 is 60.2 Å². The van der Waals surface area contributed by atoms with Crippen LogP contribution in [0.4, 0.5) is 5.82 Å². The number of nitrogen functional groups attached to an aromatic ring is 1. The minimum absolute atomic E-state index is 0.161. The summed E-state index contributed by atoms with van der Waals surface area (Å²) in [5.74, 6) is -2.77. The number of fused-ring (bicyclic) bond motifs is 1. The van der Waals surface area contributed by atoms with Gasteiger partial charge in [0.25, 0.3) is 0 Å². The number of rotatable bonds is 15. The number of carbonyl (C=O) groups excluding carboxylic acids is 3. The monoisotopic (exact) mass is 576 g/mol. The normalized spacial score (nSPS) is 15.3. The molecule has 1 unspecified atom stereocenters. The van der Waals surface area contributed by atoms with Crippen molar-refractivity contribution in [1.82, 2.24) is 19.9 Å². The molecule has 0 aromatic carbocycles. The fraction of sp³-hybridized carbons (Fsp3) is 0.630. The van der Waals surface area contributed by atoms with E-state index in [4.69, 9.17) is 29.4 Å². The van der Waals surface area contributed by atoms with E-state index in [9.17, 15) is 19.6 Å². The number of ether oxygens (including phenoxy) is 5. The van der Waals surface area contributed by atoms with E-state index in [1.54, 1.807) is 60.6 Å². The van der Waals surface area contributed by atoms with Crippen LogP contribution in [0.2, 0.25) is 0 Å². The van der Waals surface area contributed by atoms with Gasteiger partial charge in [0, 0.05) is 7.11 Å². The average Bonchev–Trinajstić information content (AvgIpc) is 3.35. The highest BCUT2D eigenvalue weighted by Crippen LogP contribution is 2.35. The van der Waals surface area contributed by atoms with Crippen molar-refractivity contribution in [2.75, 3.05) is 26.2 Å². The van der Waals surface area contributed by atoms with Crippen LogP contribution in [0.3, 0.4) is 0 Å². The van der Waals surface area contributed by atoms with Gasteiger partial charge in [-0.15, -0.1) is 0 Å². The summed E-state index contributed by atoms with van der Waals surface area (Å²) in [6.45, 7) is 11.0. The van der Waals surface area contributed by atoms with E-state index in [-0.39, 0.29) is 24.3 Å². The van der Waals surface area contributed by atoms with Crippen LogP contribution in [0, 0.1) is 23.2 Å². The molecule has 0 bridgehead atoms. The van der Waals surface area contributed by atoms with Crippen molar-refractivity contribution in [3.8, 4) is 6.07 Å². The molecular weight excluding hydrogens is 536 g/mol. The topological polar surface area (TPSA) is 189 Å². The van der Waals surface area contributed by atoms with Crippen LogP contribution < -0.4 is 11.1 Å². The number of hydrogen-bond donors (Lipinski definition) is 2. The summed E-state index contributed by atoms with van der Waals surface area (Å²) in [5, 5.41) is 17.5. The van der Waals surface area contributed by atoms with E-state index in [1.807, 2.05) is 6.07 Å². The third kappa shape index (κ3) is 8.35. The van der Waals surface area contributed by atoms with Crippen LogP contribution >= 0.6 is 0 Å². The Kier molecular flexibility index (Phi) is 12.0. The molecule has 0 saturated carbocycles. The maximum absolute atomic E-state index is 12.9. The molecule has 0 fully saturated rings. The molecule has 226 valence electrons. The van der Waals surface area contributed by atoms with Gasteiger partial charge in [0.05, 0.1) is 37.0 Å². The quantitative estimate of drug-likeness (QED) is 0.135. The Hall–Kier alpha value is -3.80. The highest BCUT2D eigenvalue weighted by molar-refractivity contribution is 5.75. The predicted molar refractivity (Wildman–Crippen MR) is 146 cm³/mol. The second kappa shape index (κ2) is 14.7. The number of nitrogens with zero attached hydrogens (tertiary/aromatic N) is 4. The second-order valence-electron chi connectivity index (χ2n) is 10.3. The zero-order valence-corrected chi connectivity index (χ0v) is 24.7. The van der Waals surface area contributed by atoms with Crippen LogP contribution in [-0.2, 0) is 38.1 Å². The van der Waals surface area contributed by atoms with E-state index in [0.29, 0.717) is 5.52 Å². The van der Waals surface area contributed by atoms with Crippen molar-refractivity contribution in [2.24, 2.45) is 11.8 Å². The van der Waals surface area contributed by atoms with Crippen LogP contribution in [0.25, 0.3) is 5.52 Å². The van der Waals surface area contributed by atoms with Crippen LogP contribution in [0.5, 0.6) is 0 Å². The number of aromatic nitrogens is 3. The molecule has 14 heteroatoms. The summed E-state index contributed by atoms with van der Waals surface area (Å²) >= 11 is 0. The Balaban J connectivity index is 2.52. The number of carbonyl (C=O) groups is 3. The van der Waals surface area contributed by atoms with Gasteiger partial charge in [0.2, 0.25) is 5.60 Å². The summed E-state index contributed by atoms with van der Waals surface area (Å²) < 4.78 is 29.6. The lowest BCUT2D eigenvalue weighted by Gasteiger charge is -2.37. The van der Waals surface area contributed by atoms with Gasteiger partial charge < -0.3 is 29.4 Å². The van der Waals surface area contributed by atoms with Crippen molar-refractivity contribution < 1.29 is 38.1 Å². The Bertz CT molecular complexity index is 1240. The zero-order chi connectivity index (χ0) is 30.9.